The van der Waals surface area contributed by atoms with Crippen LogP contribution in [0.5, 0.6) is 23.0 Å². The molecule has 2 aliphatic heterocycles. The molecule has 2 aliphatic rings. The number of rotatable bonds is 5. The van der Waals surface area contributed by atoms with Gasteiger partial charge in [-0.05, 0) is 49.1 Å². The molecule has 6 heteroatoms. The molecule has 6 nitrogen and oxygen atoms in total. The van der Waals surface area contributed by atoms with Gasteiger partial charge in [0.2, 0.25) is 5.78 Å². The fourth-order valence-corrected chi connectivity index (χ4v) is 4.14. The highest BCUT2D eigenvalue weighted by Crippen LogP contribution is 2.40. The van der Waals surface area contributed by atoms with E-state index in [1.165, 1.54) is 17.7 Å². The topological polar surface area (TPSA) is 69.4 Å². The van der Waals surface area contributed by atoms with Gasteiger partial charge in [0.15, 0.2) is 11.5 Å². The Morgan fingerprint density at radius 1 is 1.17 bits per heavy atom. The fourth-order valence-electron chi connectivity index (χ4n) is 4.14. The van der Waals surface area contributed by atoms with E-state index in [0.29, 0.717) is 34.9 Å². The van der Waals surface area contributed by atoms with Crippen molar-refractivity contribution in [3.05, 3.63) is 52.8 Å². The van der Waals surface area contributed by atoms with Crippen molar-refractivity contribution in [1.29, 1.82) is 0 Å². The van der Waals surface area contributed by atoms with Gasteiger partial charge < -0.3 is 24.2 Å². The van der Waals surface area contributed by atoms with Crippen molar-refractivity contribution < 1.29 is 29.0 Å². The van der Waals surface area contributed by atoms with Crippen LogP contribution in [0.3, 0.4) is 0 Å². The smallest absolute Gasteiger partial charge is 0.231 e. The summed E-state index contributed by atoms with van der Waals surface area (Å²) < 4.78 is 16.7. The zero-order valence-corrected chi connectivity index (χ0v) is 17.7. The van der Waals surface area contributed by atoms with E-state index in [4.69, 9.17) is 14.2 Å². The zero-order valence-electron chi connectivity index (χ0n) is 17.7. The van der Waals surface area contributed by atoms with Crippen LogP contribution in [0.25, 0.3) is 6.08 Å². The highest BCUT2D eigenvalue weighted by molar-refractivity contribution is 6.15. The maximum absolute atomic E-state index is 13.0. The van der Waals surface area contributed by atoms with Crippen LogP contribution in [0, 0.1) is 5.92 Å². The number of quaternary nitrogens is 1. The number of ether oxygens (including phenoxy) is 3. The summed E-state index contributed by atoms with van der Waals surface area (Å²) in [7, 11) is 3.16. The van der Waals surface area contributed by atoms with Crippen molar-refractivity contribution in [1.82, 2.24) is 0 Å². The van der Waals surface area contributed by atoms with Gasteiger partial charge in [-0.3, -0.25) is 4.79 Å². The number of hydrogen-bond donors (Lipinski definition) is 2. The summed E-state index contributed by atoms with van der Waals surface area (Å²) in [5.41, 5.74) is 1.91. The summed E-state index contributed by atoms with van der Waals surface area (Å²) in [4.78, 5) is 14.4. The van der Waals surface area contributed by atoms with Gasteiger partial charge in [0.1, 0.15) is 23.8 Å². The average molecular weight is 410 g/mol. The van der Waals surface area contributed by atoms with Gasteiger partial charge in [-0.25, -0.2) is 0 Å². The molecule has 0 aromatic heterocycles. The minimum Gasteiger partial charge on any atom is -0.507 e. The number of allylic oxidation sites excluding steroid dienone is 1. The lowest BCUT2D eigenvalue weighted by atomic mass is 9.98. The molecule has 0 spiro atoms. The van der Waals surface area contributed by atoms with Crippen molar-refractivity contribution in [2.24, 2.45) is 5.92 Å². The number of aromatic hydroxyl groups is 1. The number of phenols is 1. The lowest BCUT2D eigenvalue weighted by molar-refractivity contribution is -0.919. The first-order valence-corrected chi connectivity index (χ1v) is 10.3. The lowest BCUT2D eigenvalue weighted by Gasteiger charge is -2.27. The Morgan fingerprint density at radius 3 is 2.63 bits per heavy atom. The normalized spacial score (nSPS) is 22.0. The van der Waals surface area contributed by atoms with E-state index in [2.05, 4.69) is 6.92 Å². The molecular weight excluding hydrogens is 382 g/mol. The number of ketones is 1. The van der Waals surface area contributed by atoms with Gasteiger partial charge in [-0.2, -0.15) is 0 Å². The van der Waals surface area contributed by atoms with E-state index >= 15 is 0 Å². The van der Waals surface area contributed by atoms with Gasteiger partial charge in [0.05, 0.1) is 38.4 Å². The molecule has 0 atom stereocenters. The van der Waals surface area contributed by atoms with E-state index < -0.39 is 0 Å². The van der Waals surface area contributed by atoms with Crippen LogP contribution in [-0.4, -0.2) is 38.2 Å². The first kappa shape index (κ1) is 20.3. The van der Waals surface area contributed by atoms with Gasteiger partial charge in [-0.15, -0.1) is 0 Å². The Balaban J connectivity index is 1.64. The van der Waals surface area contributed by atoms with E-state index in [1.54, 1.807) is 44.6 Å². The minimum atomic E-state index is -0.189. The SMILES string of the molecule is COc1ccc(/C=C2\Oc3c(ccc(O)c3C[NH+]3CCC(C)CC3)C2=O)c(OC)c1. The number of Topliss-reactive ketones (excluding diaryl/α,β-unsaturated/α-hetero) is 1. The quantitative estimate of drug-likeness (QED) is 0.742. The fraction of sp³-hybridized carbons (Fsp3) is 0.375. The Bertz CT molecular complexity index is 989. The van der Waals surface area contributed by atoms with Crippen molar-refractivity contribution in [3.63, 3.8) is 0 Å². The monoisotopic (exact) mass is 410 g/mol. The minimum absolute atomic E-state index is 0.177. The van der Waals surface area contributed by atoms with Gasteiger partial charge in [0, 0.05) is 11.6 Å². The molecule has 1 saturated heterocycles. The summed E-state index contributed by atoms with van der Waals surface area (Å²) in [5, 5.41) is 10.5. The van der Waals surface area contributed by atoms with Crippen LogP contribution in [0.1, 0.15) is 41.3 Å². The van der Waals surface area contributed by atoms with Crippen LogP contribution < -0.4 is 19.1 Å². The number of likely N-dealkylation sites (tertiary alicyclic amines) is 1. The van der Waals surface area contributed by atoms with E-state index in [0.717, 1.165) is 24.6 Å². The third-order valence-electron chi connectivity index (χ3n) is 6.05. The molecule has 4 rings (SSSR count). The van der Waals surface area contributed by atoms with Crippen molar-refractivity contribution >= 4 is 11.9 Å². The highest BCUT2D eigenvalue weighted by Gasteiger charge is 2.33. The number of piperidine rings is 1. The highest BCUT2D eigenvalue weighted by atomic mass is 16.5. The first-order valence-electron chi connectivity index (χ1n) is 10.3. The second kappa shape index (κ2) is 8.40. The Kier molecular flexibility index (Phi) is 5.68. The molecule has 158 valence electrons. The van der Waals surface area contributed by atoms with Crippen LogP contribution in [0.2, 0.25) is 0 Å². The van der Waals surface area contributed by atoms with Crippen molar-refractivity contribution in [2.45, 2.75) is 26.3 Å². The molecule has 0 saturated carbocycles. The molecule has 1 fully saturated rings. The molecule has 0 amide bonds. The number of benzene rings is 2. The predicted molar refractivity (Wildman–Crippen MR) is 113 cm³/mol. The number of carbonyl (C=O) groups excluding carboxylic acids is 1. The van der Waals surface area contributed by atoms with E-state index in [-0.39, 0.29) is 17.3 Å². The number of phenolic OH excluding ortho intramolecular Hbond substituents is 1. The van der Waals surface area contributed by atoms with E-state index in [1.807, 2.05) is 6.07 Å². The van der Waals surface area contributed by atoms with Crippen LogP contribution in [-0.2, 0) is 6.54 Å². The Hall–Kier alpha value is -2.99. The number of carbonyl (C=O) groups is 1. The number of hydrogen-bond acceptors (Lipinski definition) is 5. The number of methoxy groups -OCH3 is 2. The van der Waals surface area contributed by atoms with E-state index in [9.17, 15) is 9.90 Å². The second-order valence-electron chi connectivity index (χ2n) is 8.10. The first-order chi connectivity index (χ1) is 14.5. The molecule has 0 aliphatic carbocycles. The van der Waals surface area contributed by atoms with Gasteiger partial charge in [0.25, 0.3) is 0 Å². The average Bonchev–Trinajstić information content (AvgIpc) is 3.07. The summed E-state index contributed by atoms with van der Waals surface area (Å²) >= 11 is 0. The third kappa shape index (κ3) is 3.87. The molecule has 0 bridgehead atoms. The molecule has 0 unspecified atom stereocenters. The summed E-state index contributed by atoms with van der Waals surface area (Å²) in [6.07, 6.45) is 4.03. The standard InChI is InChI=1S/C24H27NO5/c1-15-8-10-25(11-9-15)14-19-20(26)7-6-18-23(27)22(30-24(18)19)12-16-4-5-17(28-2)13-21(16)29-3/h4-7,12-13,15,26H,8-11,14H2,1-3H3/p+1/b22-12-. The third-order valence-corrected chi connectivity index (χ3v) is 6.05. The predicted octanol–water partition coefficient (Wildman–Crippen LogP) is 2.84. The lowest BCUT2D eigenvalue weighted by Crippen LogP contribution is -3.11. The summed E-state index contributed by atoms with van der Waals surface area (Å²) in [6, 6.07) is 8.62. The molecule has 2 aromatic rings. The molecular formula is C24H28NO5+. The van der Waals surface area contributed by atoms with Gasteiger partial charge in [-0.1, -0.05) is 6.92 Å². The molecule has 0 radical (unpaired) electrons. The summed E-state index contributed by atoms with van der Waals surface area (Å²) in [5.74, 6) is 2.69. The van der Waals surface area contributed by atoms with Crippen LogP contribution >= 0.6 is 0 Å². The maximum Gasteiger partial charge on any atom is 0.231 e. The van der Waals surface area contributed by atoms with Crippen molar-refractivity contribution in [2.75, 3.05) is 27.3 Å². The number of nitrogens with one attached hydrogen (secondary N) is 1. The Morgan fingerprint density at radius 2 is 1.93 bits per heavy atom. The Labute approximate surface area is 176 Å². The maximum atomic E-state index is 13.0. The largest absolute Gasteiger partial charge is 0.507 e. The van der Waals surface area contributed by atoms with Crippen molar-refractivity contribution in [3.8, 4) is 23.0 Å². The molecule has 30 heavy (non-hydrogen) atoms. The molecule has 2 N–H and O–H groups in total. The summed E-state index contributed by atoms with van der Waals surface area (Å²) in [6.45, 7) is 5.04. The zero-order chi connectivity index (χ0) is 21.3. The van der Waals surface area contributed by atoms with Gasteiger partial charge >= 0.3 is 0 Å². The van der Waals surface area contributed by atoms with Crippen LogP contribution in [0.15, 0.2) is 36.1 Å². The van der Waals surface area contributed by atoms with Crippen LogP contribution in [0.4, 0.5) is 0 Å². The number of fused-ring (bicyclic) bond motifs is 1. The molecule has 2 heterocycles. The second-order valence-corrected chi connectivity index (χ2v) is 8.10. The molecule has 2 aromatic carbocycles.